The third kappa shape index (κ3) is 1.82. The van der Waals surface area contributed by atoms with Crippen molar-refractivity contribution in [2.45, 2.75) is 6.92 Å². The number of hydrogen-bond donors (Lipinski definition) is 1. The molecule has 1 N–H and O–H groups in total. The Kier molecular flexibility index (Phi) is 3.00. The third-order valence-electron chi connectivity index (χ3n) is 1.72. The van der Waals surface area contributed by atoms with Gasteiger partial charge in [-0.2, -0.15) is 0 Å². The molecule has 0 radical (unpaired) electrons. The van der Waals surface area contributed by atoms with Crippen molar-refractivity contribution < 1.29 is 19.1 Å². The van der Waals surface area contributed by atoms with Crippen molar-refractivity contribution in [2.75, 3.05) is 0 Å². The van der Waals surface area contributed by atoms with E-state index in [0.29, 0.717) is 5.56 Å². The lowest BCUT2D eigenvalue weighted by Crippen LogP contribution is -2.15. The lowest BCUT2D eigenvalue weighted by atomic mass is 10.0. The Morgan fingerprint density at radius 1 is 1.43 bits per heavy atom. The van der Waals surface area contributed by atoms with Crippen LogP contribution in [0.15, 0.2) is 16.6 Å². The van der Waals surface area contributed by atoms with Gasteiger partial charge in [-0.3, -0.25) is 4.79 Å². The summed E-state index contributed by atoms with van der Waals surface area (Å²) in [5.74, 6) is -3.37. The van der Waals surface area contributed by atoms with Crippen molar-refractivity contribution in [3.8, 4) is 0 Å². The molecule has 1 aromatic carbocycles. The zero-order valence-corrected chi connectivity index (χ0v) is 8.76. The van der Waals surface area contributed by atoms with Crippen LogP contribution in [0.5, 0.6) is 0 Å². The molecule has 0 saturated heterocycles. The summed E-state index contributed by atoms with van der Waals surface area (Å²) in [6, 6.07) is 2.52. The fourth-order valence-corrected chi connectivity index (χ4v) is 1.66. The summed E-state index contributed by atoms with van der Waals surface area (Å²) in [7, 11) is 0. The molecule has 0 aliphatic rings. The van der Waals surface area contributed by atoms with E-state index in [1.54, 1.807) is 6.92 Å². The molecular formula is C9H6BrFO3. The molecule has 1 rings (SSSR count). The minimum Gasteiger partial charge on any atom is -0.475 e. The van der Waals surface area contributed by atoms with E-state index in [4.69, 9.17) is 5.11 Å². The Hall–Kier alpha value is -1.23. The maximum absolute atomic E-state index is 13.0. The van der Waals surface area contributed by atoms with E-state index in [0.717, 1.165) is 6.07 Å². The van der Waals surface area contributed by atoms with E-state index in [9.17, 15) is 14.0 Å². The monoisotopic (exact) mass is 260 g/mol. The van der Waals surface area contributed by atoms with Gasteiger partial charge in [0, 0.05) is 5.56 Å². The SMILES string of the molecule is Cc1ccc(F)c(Br)c1C(=O)C(=O)O. The van der Waals surface area contributed by atoms with Gasteiger partial charge < -0.3 is 5.11 Å². The lowest BCUT2D eigenvalue weighted by Gasteiger charge is -2.04. The van der Waals surface area contributed by atoms with Gasteiger partial charge in [-0.25, -0.2) is 9.18 Å². The van der Waals surface area contributed by atoms with Crippen LogP contribution in [0.1, 0.15) is 15.9 Å². The minimum atomic E-state index is -1.60. The highest BCUT2D eigenvalue weighted by molar-refractivity contribution is 9.10. The van der Waals surface area contributed by atoms with Gasteiger partial charge in [0.15, 0.2) is 0 Å². The van der Waals surface area contributed by atoms with Crippen molar-refractivity contribution in [1.82, 2.24) is 0 Å². The molecule has 1 aromatic rings. The molecule has 0 aliphatic carbocycles. The molecule has 0 saturated carbocycles. The van der Waals surface area contributed by atoms with Crippen molar-refractivity contribution in [3.63, 3.8) is 0 Å². The summed E-state index contributed by atoms with van der Waals surface area (Å²) < 4.78 is 12.9. The standard InChI is InChI=1S/C9H6BrFO3/c1-4-2-3-5(11)7(10)6(4)8(12)9(13)14/h2-3H,1H3,(H,13,14). The number of carbonyl (C=O) groups excluding carboxylic acids is 1. The summed E-state index contributed by atoms with van der Waals surface area (Å²) in [5.41, 5.74) is 0.281. The molecule has 5 heteroatoms. The number of rotatable bonds is 2. The van der Waals surface area contributed by atoms with Crippen LogP contribution >= 0.6 is 15.9 Å². The summed E-state index contributed by atoms with van der Waals surface area (Å²) in [6.45, 7) is 1.54. The molecule has 0 aromatic heterocycles. The highest BCUT2D eigenvalue weighted by atomic mass is 79.9. The van der Waals surface area contributed by atoms with Gasteiger partial charge in [-0.1, -0.05) is 6.07 Å². The second-order valence-electron chi connectivity index (χ2n) is 2.69. The lowest BCUT2D eigenvalue weighted by molar-refractivity contribution is -0.131. The Morgan fingerprint density at radius 2 is 2.00 bits per heavy atom. The number of hydrogen-bond acceptors (Lipinski definition) is 2. The van der Waals surface area contributed by atoms with Crippen LogP contribution in [0.3, 0.4) is 0 Å². The van der Waals surface area contributed by atoms with Crippen LogP contribution in [0.4, 0.5) is 4.39 Å². The van der Waals surface area contributed by atoms with E-state index >= 15 is 0 Å². The molecule has 0 bridgehead atoms. The first kappa shape index (κ1) is 10.8. The van der Waals surface area contributed by atoms with Gasteiger partial charge in [-0.05, 0) is 34.5 Å². The Balaban J connectivity index is 3.40. The van der Waals surface area contributed by atoms with Crippen LogP contribution in [0, 0.1) is 12.7 Å². The van der Waals surface area contributed by atoms with E-state index < -0.39 is 17.6 Å². The maximum Gasteiger partial charge on any atom is 0.377 e. The fraction of sp³-hybridized carbons (Fsp3) is 0.111. The van der Waals surface area contributed by atoms with Crippen LogP contribution in [0.2, 0.25) is 0 Å². The number of ketones is 1. The number of carboxylic acid groups (broad SMARTS) is 1. The Bertz CT molecular complexity index is 415. The van der Waals surface area contributed by atoms with Gasteiger partial charge in [0.25, 0.3) is 5.78 Å². The second-order valence-corrected chi connectivity index (χ2v) is 3.48. The zero-order chi connectivity index (χ0) is 10.9. The molecule has 0 aliphatic heterocycles. The number of carbonyl (C=O) groups is 2. The largest absolute Gasteiger partial charge is 0.475 e. The number of carboxylic acids is 1. The van der Waals surface area contributed by atoms with Gasteiger partial charge >= 0.3 is 5.97 Å². The van der Waals surface area contributed by atoms with Crippen molar-refractivity contribution in [1.29, 1.82) is 0 Å². The summed E-state index contributed by atoms with van der Waals surface area (Å²) in [5, 5.41) is 8.48. The number of aryl methyl sites for hydroxylation is 1. The van der Waals surface area contributed by atoms with E-state index in [-0.39, 0.29) is 10.0 Å². The average Bonchev–Trinajstić information content (AvgIpc) is 2.12. The summed E-state index contributed by atoms with van der Waals surface area (Å²) >= 11 is 2.84. The van der Waals surface area contributed by atoms with Gasteiger partial charge in [-0.15, -0.1) is 0 Å². The Morgan fingerprint density at radius 3 is 2.50 bits per heavy atom. The highest BCUT2D eigenvalue weighted by Crippen LogP contribution is 2.24. The normalized spacial score (nSPS) is 9.93. The number of aliphatic carboxylic acids is 1. The van der Waals surface area contributed by atoms with E-state index in [1.807, 2.05) is 0 Å². The number of Topliss-reactive ketones (excluding diaryl/α,β-unsaturated/α-hetero) is 1. The van der Waals surface area contributed by atoms with E-state index in [2.05, 4.69) is 15.9 Å². The van der Waals surface area contributed by atoms with Gasteiger partial charge in [0.1, 0.15) is 5.82 Å². The predicted molar refractivity (Wildman–Crippen MR) is 50.8 cm³/mol. The summed E-state index contributed by atoms with van der Waals surface area (Å²) in [6.07, 6.45) is 0. The topological polar surface area (TPSA) is 54.4 Å². The van der Waals surface area contributed by atoms with Crippen LogP contribution in [-0.4, -0.2) is 16.9 Å². The fourth-order valence-electron chi connectivity index (χ4n) is 1.03. The smallest absolute Gasteiger partial charge is 0.377 e. The molecular weight excluding hydrogens is 255 g/mol. The second kappa shape index (κ2) is 3.88. The zero-order valence-electron chi connectivity index (χ0n) is 7.17. The maximum atomic E-state index is 13.0. The first-order chi connectivity index (χ1) is 6.45. The molecule has 14 heavy (non-hydrogen) atoms. The quantitative estimate of drug-likeness (QED) is 0.655. The number of benzene rings is 1. The molecule has 0 atom stereocenters. The molecule has 0 heterocycles. The number of halogens is 2. The van der Waals surface area contributed by atoms with Crippen LogP contribution in [-0.2, 0) is 4.79 Å². The first-order valence-corrected chi connectivity index (χ1v) is 4.46. The average molecular weight is 261 g/mol. The van der Waals surface area contributed by atoms with Crippen molar-refractivity contribution >= 4 is 27.7 Å². The highest BCUT2D eigenvalue weighted by Gasteiger charge is 2.21. The van der Waals surface area contributed by atoms with Crippen molar-refractivity contribution in [3.05, 3.63) is 33.5 Å². The summed E-state index contributed by atoms with van der Waals surface area (Å²) in [4.78, 5) is 21.6. The molecule has 3 nitrogen and oxygen atoms in total. The molecule has 0 amide bonds. The van der Waals surface area contributed by atoms with Crippen LogP contribution in [0.25, 0.3) is 0 Å². The Labute approximate surface area is 87.7 Å². The first-order valence-electron chi connectivity index (χ1n) is 3.67. The molecule has 0 fully saturated rings. The minimum absolute atomic E-state index is 0.107. The van der Waals surface area contributed by atoms with Crippen molar-refractivity contribution in [2.24, 2.45) is 0 Å². The molecule has 0 unspecified atom stereocenters. The predicted octanol–water partition coefficient (Wildman–Crippen LogP) is 2.16. The van der Waals surface area contributed by atoms with Gasteiger partial charge in [0.2, 0.25) is 0 Å². The van der Waals surface area contributed by atoms with E-state index in [1.165, 1.54) is 6.07 Å². The third-order valence-corrected chi connectivity index (χ3v) is 2.50. The van der Waals surface area contributed by atoms with Crippen LogP contribution < -0.4 is 0 Å². The molecule has 0 spiro atoms. The molecule has 74 valence electrons. The van der Waals surface area contributed by atoms with Gasteiger partial charge in [0.05, 0.1) is 4.47 Å².